The minimum absolute atomic E-state index is 0.0499. The molecule has 0 aromatic heterocycles. The summed E-state index contributed by atoms with van der Waals surface area (Å²) in [4.78, 5) is 13.0. The van der Waals surface area contributed by atoms with E-state index in [0.717, 1.165) is 11.1 Å². The lowest BCUT2D eigenvalue weighted by Gasteiger charge is -2.27. The van der Waals surface area contributed by atoms with Crippen molar-refractivity contribution < 1.29 is 17.9 Å². The van der Waals surface area contributed by atoms with E-state index in [2.05, 4.69) is 5.32 Å². The van der Waals surface area contributed by atoms with Crippen LogP contribution in [0.1, 0.15) is 38.3 Å². The van der Waals surface area contributed by atoms with E-state index in [1.165, 1.54) is 11.2 Å². The highest BCUT2D eigenvalue weighted by Gasteiger charge is 2.55. The van der Waals surface area contributed by atoms with E-state index in [-0.39, 0.29) is 19.1 Å². The van der Waals surface area contributed by atoms with Crippen LogP contribution in [0.4, 0.5) is 11.4 Å². The Morgan fingerprint density at radius 1 is 1.10 bits per heavy atom. The predicted molar refractivity (Wildman–Crippen MR) is 116 cm³/mol. The van der Waals surface area contributed by atoms with Gasteiger partial charge < -0.3 is 10.1 Å². The molecule has 0 spiro atoms. The van der Waals surface area contributed by atoms with Gasteiger partial charge >= 0.3 is 0 Å². The third-order valence-corrected chi connectivity index (χ3v) is 7.78. The first-order valence-corrected chi connectivity index (χ1v) is 11.2. The van der Waals surface area contributed by atoms with Crippen molar-refractivity contribution in [1.29, 1.82) is 0 Å². The molecule has 0 saturated carbocycles. The molecule has 1 amide bonds. The molecule has 0 bridgehead atoms. The number of aryl methyl sites for hydroxylation is 2. The number of nitrogens with zero attached hydrogens (tertiary/aromatic N) is 1. The quantitative estimate of drug-likeness (QED) is 0.799. The Kier molecular flexibility index (Phi) is 5.63. The van der Waals surface area contributed by atoms with Crippen molar-refractivity contribution in [2.75, 3.05) is 16.2 Å². The Balaban J connectivity index is 1.84. The van der Waals surface area contributed by atoms with Crippen molar-refractivity contribution in [3.8, 4) is 5.75 Å². The molecule has 0 aliphatic carbocycles. The first kappa shape index (κ1) is 21.2. The van der Waals surface area contributed by atoms with Gasteiger partial charge in [-0.25, -0.2) is 8.42 Å². The molecule has 1 fully saturated rings. The van der Waals surface area contributed by atoms with Gasteiger partial charge in [0.1, 0.15) is 5.75 Å². The van der Waals surface area contributed by atoms with Crippen molar-refractivity contribution in [2.45, 2.75) is 51.9 Å². The van der Waals surface area contributed by atoms with Crippen LogP contribution in [0.25, 0.3) is 0 Å². The lowest BCUT2D eigenvalue weighted by Crippen LogP contribution is -2.47. The van der Waals surface area contributed by atoms with Crippen molar-refractivity contribution in [2.24, 2.45) is 0 Å². The van der Waals surface area contributed by atoms with Crippen molar-refractivity contribution in [1.82, 2.24) is 0 Å². The summed E-state index contributed by atoms with van der Waals surface area (Å²) in [5, 5.41) is 2.76. The van der Waals surface area contributed by atoms with Gasteiger partial charge in [-0.2, -0.15) is 0 Å². The Morgan fingerprint density at radius 3 is 2.24 bits per heavy atom. The van der Waals surface area contributed by atoms with Crippen LogP contribution in [-0.4, -0.2) is 31.7 Å². The minimum Gasteiger partial charge on any atom is -0.491 e. The molecular weight excluding hydrogens is 388 g/mol. The molecule has 2 aromatic carbocycles. The number of hydrogen-bond acceptors (Lipinski definition) is 4. The fourth-order valence-corrected chi connectivity index (χ4v) is 5.60. The Hall–Kier alpha value is -2.54. The van der Waals surface area contributed by atoms with Crippen LogP contribution in [0.5, 0.6) is 5.75 Å². The van der Waals surface area contributed by atoms with Gasteiger partial charge in [-0.15, -0.1) is 0 Å². The molecule has 1 atom stereocenters. The van der Waals surface area contributed by atoms with E-state index in [1.54, 1.807) is 24.3 Å². The van der Waals surface area contributed by atoms with Gasteiger partial charge in [-0.05, 0) is 76.4 Å². The molecule has 1 aliphatic heterocycles. The summed E-state index contributed by atoms with van der Waals surface area (Å²) in [6, 6.07) is 12.6. The summed E-state index contributed by atoms with van der Waals surface area (Å²) in [6.45, 7) is 9.41. The molecule has 7 heteroatoms. The van der Waals surface area contributed by atoms with E-state index in [9.17, 15) is 13.2 Å². The number of nitrogens with one attached hydrogen (secondary N) is 1. The first-order valence-electron chi connectivity index (χ1n) is 9.73. The second-order valence-corrected chi connectivity index (χ2v) is 10.2. The van der Waals surface area contributed by atoms with Gasteiger partial charge in [0.2, 0.25) is 15.9 Å². The average molecular weight is 417 g/mol. The molecule has 156 valence electrons. The van der Waals surface area contributed by atoms with Crippen LogP contribution in [0.15, 0.2) is 42.5 Å². The highest BCUT2D eigenvalue weighted by Crippen LogP contribution is 2.40. The molecule has 6 nitrogen and oxygen atoms in total. The van der Waals surface area contributed by atoms with Gasteiger partial charge in [-0.3, -0.25) is 9.10 Å². The number of anilines is 2. The Bertz CT molecular complexity index is 995. The first-order chi connectivity index (χ1) is 13.6. The Morgan fingerprint density at radius 2 is 1.69 bits per heavy atom. The number of hydrogen-bond donors (Lipinski definition) is 1. The van der Waals surface area contributed by atoms with Crippen LogP contribution >= 0.6 is 0 Å². The number of para-hydroxylation sites is 1. The molecular formula is C22H28N2O4S. The highest BCUT2D eigenvalue weighted by molar-refractivity contribution is 7.95. The number of carbonyl (C=O) groups excluding carboxylic acids is 1. The smallest absolute Gasteiger partial charge is 0.249 e. The second kappa shape index (κ2) is 7.71. The predicted octanol–water partition coefficient (Wildman–Crippen LogP) is 4.03. The van der Waals surface area contributed by atoms with Crippen molar-refractivity contribution >= 4 is 27.3 Å². The number of benzene rings is 2. The zero-order valence-electron chi connectivity index (χ0n) is 17.5. The summed E-state index contributed by atoms with van der Waals surface area (Å²) >= 11 is 0. The lowest BCUT2D eigenvalue weighted by atomic mass is 10.1. The maximum Gasteiger partial charge on any atom is 0.249 e. The number of amides is 1. The topological polar surface area (TPSA) is 75.7 Å². The van der Waals surface area contributed by atoms with Crippen LogP contribution < -0.4 is 14.4 Å². The summed E-state index contributed by atoms with van der Waals surface area (Å²) in [5.41, 5.74) is 2.95. The number of rotatable bonds is 5. The standard InChI is InChI=1S/C22H28N2O4S/c1-15(2)28-19-11-9-18(10-12-19)23-21(25)22(5)13-14-24(29(22,26)27)20-16(3)7-6-8-17(20)4/h6-12,15H,13-14H2,1-5H3,(H,23,25)/t22-/m0/s1. The molecule has 1 N–H and O–H groups in total. The molecule has 1 heterocycles. The third-order valence-electron chi connectivity index (χ3n) is 5.30. The SMILES string of the molecule is Cc1cccc(C)c1N1CC[C@@](C)(C(=O)Nc2ccc(OC(C)C)cc2)S1(=O)=O. The number of carbonyl (C=O) groups is 1. The molecule has 1 aliphatic rings. The Labute approximate surface area is 172 Å². The molecule has 0 unspecified atom stereocenters. The van der Waals surface area contributed by atoms with E-state index in [4.69, 9.17) is 4.74 Å². The summed E-state index contributed by atoms with van der Waals surface area (Å²) < 4.78 is 32.2. The molecule has 0 radical (unpaired) electrons. The number of ether oxygens (including phenoxy) is 1. The van der Waals surface area contributed by atoms with Crippen LogP contribution in [0, 0.1) is 13.8 Å². The van der Waals surface area contributed by atoms with E-state index in [0.29, 0.717) is 17.1 Å². The summed E-state index contributed by atoms with van der Waals surface area (Å²) in [7, 11) is -3.87. The normalized spacial score (nSPS) is 20.7. The van der Waals surface area contributed by atoms with Crippen LogP contribution in [-0.2, 0) is 14.8 Å². The van der Waals surface area contributed by atoms with Crippen LogP contribution in [0.2, 0.25) is 0 Å². The van der Waals surface area contributed by atoms with Gasteiger partial charge in [0.05, 0.1) is 11.8 Å². The van der Waals surface area contributed by atoms with E-state index < -0.39 is 20.7 Å². The number of sulfonamides is 1. The maximum absolute atomic E-state index is 13.4. The fourth-order valence-electron chi connectivity index (χ4n) is 3.62. The monoisotopic (exact) mass is 416 g/mol. The van der Waals surface area contributed by atoms with Gasteiger partial charge in [0.25, 0.3) is 0 Å². The van der Waals surface area contributed by atoms with Crippen LogP contribution in [0.3, 0.4) is 0 Å². The molecule has 1 saturated heterocycles. The van der Waals surface area contributed by atoms with Gasteiger partial charge in [-0.1, -0.05) is 18.2 Å². The van der Waals surface area contributed by atoms with Gasteiger partial charge in [0, 0.05) is 12.2 Å². The fraction of sp³-hybridized carbons (Fsp3) is 0.409. The average Bonchev–Trinajstić information content (AvgIpc) is 2.87. The van der Waals surface area contributed by atoms with Crippen molar-refractivity contribution in [3.63, 3.8) is 0 Å². The van der Waals surface area contributed by atoms with Crippen molar-refractivity contribution in [3.05, 3.63) is 53.6 Å². The minimum atomic E-state index is -3.87. The third kappa shape index (κ3) is 3.83. The molecule has 2 aromatic rings. The van der Waals surface area contributed by atoms with E-state index in [1.807, 2.05) is 45.9 Å². The zero-order valence-corrected chi connectivity index (χ0v) is 18.3. The zero-order chi connectivity index (χ0) is 21.4. The largest absolute Gasteiger partial charge is 0.491 e. The molecule has 29 heavy (non-hydrogen) atoms. The highest BCUT2D eigenvalue weighted by atomic mass is 32.2. The molecule has 3 rings (SSSR count). The summed E-state index contributed by atoms with van der Waals surface area (Å²) in [6.07, 6.45) is 0.276. The lowest BCUT2D eigenvalue weighted by molar-refractivity contribution is -0.118. The van der Waals surface area contributed by atoms with Gasteiger partial charge in [0.15, 0.2) is 4.75 Å². The maximum atomic E-state index is 13.4. The summed E-state index contributed by atoms with van der Waals surface area (Å²) in [5.74, 6) is 0.169. The van der Waals surface area contributed by atoms with E-state index >= 15 is 0 Å². The second-order valence-electron chi connectivity index (χ2n) is 7.94.